The van der Waals surface area contributed by atoms with Crippen LogP contribution in [0.2, 0.25) is 0 Å². The predicted molar refractivity (Wildman–Crippen MR) is 126 cm³/mol. The van der Waals surface area contributed by atoms with Gasteiger partial charge in [0.1, 0.15) is 12.1 Å². The first kappa shape index (κ1) is 28.2. The van der Waals surface area contributed by atoms with Gasteiger partial charge in [0.15, 0.2) is 11.9 Å². The van der Waals surface area contributed by atoms with E-state index in [1.165, 1.54) is 19.6 Å². The standard InChI is InChI=1S/C19H35N11O4/c1-34-17(33)13(5-3-7-27-19(23)24)29-16(32)14(8-11-9-25-10-28-11)30-15(31)12(20)4-2-6-26-18(21)22/h9-10,12-14H,2-8,20H2,1H3,(H,25,28)(H,29,32)(H,30,31)(H4,21,22,26)(H4,23,24,27)/t12-,13-,14-/m0/s1. The number of carbonyl (C=O) groups excluding carboxylic acids is 3. The first-order valence-corrected chi connectivity index (χ1v) is 10.7. The van der Waals surface area contributed by atoms with Crippen LogP contribution in [0.4, 0.5) is 0 Å². The van der Waals surface area contributed by atoms with E-state index in [4.69, 9.17) is 33.4 Å². The fourth-order valence-corrected chi connectivity index (χ4v) is 2.92. The Hall–Kier alpha value is -3.88. The molecule has 1 aromatic rings. The molecule has 0 fully saturated rings. The molecule has 0 unspecified atom stereocenters. The van der Waals surface area contributed by atoms with E-state index in [9.17, 15) is 14.4 Å². The first-order valence-electron chi connectivity index (χ1n) is 10.7. The van der Waals surface area contributed by atoms with Crippen LogP contribution < -0.4 is 39.3 Å². The Balaban J connectivity index is 2.82. The number of hydrogen-bond acceptors (Lipinski definition) is 8. The fraction of sp³-hybridized carbons (Fsp3) is 0.579. The molecule has 15 heteroatoms. The molecule has 0 bridgehead atoms. The molecule has 0 saturated heterocycles. The van der Waals surface area contributed by atoms with Crippen LogP contribution in [0.15, 0.2) is 22.5 Å². The lowest BCUT2D eigenvalue weighted by Gasteiger charge is -2.23. The zero-order valence-corrected chi connectivity index (χ0v) is 19.2. The highest BCUT2D eigenvalue weighted by molar-refractivity contribution is 5.92. The highest BCUT2D eigenvalue weighted by Crippen LogP contribution is 2.05. The lowest BCUT2D eigenvalue weighted by atomic mass is 10.1. The Morgan fingerprint density at radius 2 is 1.59 bits per heavy atom. The topological polar surface area (TPSA) is 268 Å². The van der Waals surface area contributed by atoms with Gasteiger partial charge in [-0.15, -0.1) is 0 Å². The van der Waals surface area contributed by atoms with Crippen LogP contribution in [0.3, 0.4) is 0 Å². The van der Waals surface area contributed by atoms with Crippen LogP contribution in [0.1, 0.15) is 31.4 Å². The Bertz CT molecular complexity index is 833. The number of methoxy groups -OCH3 is 1. The number of rotatable bonds is 15. The highest BCUT2D eigenvalue weighted by Gasteiger charge is 2.28. The third kappa shape index (κ3) is 11.1. The molecule has 0 radical (unpaired) electrons. The van der Waals surface area contributed by atoms with Gasteiger partial charge >= 0.3 is 5.97 Å². The number of H-pyrrole nitrogens is 1. The van der Waals surface area contributed by atoms with E-state index in [0.717, 1.165) is 0 Å². The molecule has 3 atom stereocenters. The number of carbonyl (C=O) groups is 3. The van der Waals surface area contributed by atoms with E-state index in [-0.39, 0.29) is 31.3 Å². The maximum atomic E-state index is 13.0. The number of ether oxygens (including phenoxy) is 1. The second kappa shape index (κ2) is 15.0. The molecule has 190 valence electrons. The van der Waals surface area contributed by atoms with E-state index >= 15 is 0 Å². The number of hydrogen-bond donors (Lipinski definition) is 8. The largest absolute Gasteiger partial charge is 0.467 e. The zero-order chi connectivity index (χ0) is 25.5. The molecule has 0 aromatic carbocycles. The second-order valence-corrected chi connectivity index (χ2v) is 7.43. The Labute approximate surface area is 197 Å². The van der Waals surface area contributed by atoms with E-state index in [2.05, 4.69) is 30.6 Å². The van der Waals surface area contributed by atoms with Gasteiger partial charge in [-0.1, -0.05) is 0 Å². The van der Waals surface area contributed by atoms with Crippen molar-refractivity contribution < 1.29 is 19.1 Å². The minimum atomic E-state index is -1.03. The van der Waals surface area contributed by atoms with Crippen molar-refractivity contribution in [3.63, 3.8) is 0 Å². The maximum absolute atomic E-state index is 13.0. The highest BCUT2D eigenvalue weighted by atomic mass is 16.5. The van der Waals surface area contributed by atoms with Crippen molar-refractivity contribution in [1.82, 2.24) is 20.6 Å². The van der Waals surface area contributed by atoms with Crippen LogP contribution in [0, 0.1) is 0 Å². The van der Waals surface area contributed by atoms with Gasteiger partial charge in [0, 0.05) is 31.4 Å². The summed E-state index contributed by atoms with van der Waals surface area (Å²) >= 11 is 0. The summed E-state index contributed by atoms with van der Waals surface area (Å²) in [7, 11) is 1.21. The molecule has 0 aliphatic heterocycles. The minimum Gasteiger partial charge on any atom is -0.467 e. The van der Waals surface area contributed by atoms with Crippen molar-refractivity contribution in [2.45, 2.75) is 50.2 Å². The number of imidazole rings is 1. The number of guanidine groups is 2. The quantitative estimate of drug-likeness (QED) is 0.0530. The van der Waals surface area contributed by atoms with Gasteiger partial charge in [0.05, 0.1) is 19.5 Å². The van der Waals surface area contributed by atoms with Crippen LogP contribution in [-0.2, 0) is 25.5 Å². The number of aromatic nitrogens is 2. The Kier molecular flexibility index (Phi) is 12.5. The third-order valence-electron chi connectivity index (χ3n) is 4.66. The van der Waals surface area contributed by atoms with Gasteiger partial charge in [-0.25, -0.2) is 9.78 Å². The van der Waals surface area contributed by atoms with E-state index in [1.54, 1.807) is 0 Å². The smallest absolute Gasteiger partial charge is 0.328 e. The maximum Gasteiger partial charge on any atom is 0.328 e. The number of aliphatic imine (C=N–C) groups is 2. The average molecular weight is 482 g/mol. The summed E-state index contributed by atoms with van der Waals surface area (Å²) in [5.74, 6) is -1.89. The lowest BCUT2D eigenvalue weighted by Crippen LogP contribution is -2.55. The predicted octanol–water partition coefficient (Wildman–Crippen LogP) is -3.47. The number of nitrogens with one attached hydrogen (secondary N) is 3. The fourth-order valence-electron chi connectivity index (χ4n) is 2.92. The average Bonchev–Trinajstić information content (AvgIpc) is 3.30. The van der Waals surface area contributed by atoms with Gasteiger partial charge in [0.25, 0.3) is 0 Å². The molecular weight excluding hydrogens is 446 g/mol. The normalized spacial score (nSPS) is 13.1. The van der Waals surface area contributed by atoms with Crippen molar-refractivity contribution in [2.75, 3.05) is 20.2 Å². The van der Waals surface area contributed by atoms with Crippen molar-refractivity contribution in [3.8, 4) is 0 Å². The third-order valence-corrected chi connectivity index (χ3v) is 4.66. The molecular formula is C19H35N11O4. The summed E-state index contributed by atoms with van der Waals surface area (Å²) in [4.78, 5) is 52.3. The molecule has 0 spiro atoms. The van der Waals surface area contributed by atoms with Crippen molar-refractivity contribution in [2.24, 2.45) is 38.7 Å². The Morgan fingerprint density at radius 1 is 1.00 bits per heavy atom. The number of nitrogens with two attached hydrogens (primary N) is 5. The van der Waals surface area contributed by atoms with Crippen LogP contribution in [0.25, 0.3) is 0 Å². The summed E-state index contributed by atoms with van der Waals surface area (Å²) in [6, 6.07) is -2.87. The number of esters is 1. The molecule has 1 rings (SSSR count). The van der Waals surface area contributed by atoms with Crippen LogP contribution >= 0.6 is 0 Å². The molecule has 15 nitrogen and oxygen atoms in total. The van der Waals surface area contributed by atoms with E-state index < -0.39 is 35.9 Å². The van der Waals surface area contributed by atoms with Gasteiger partial charge in [0.2, 0.25) is 11.8 Å². The molecule has 2 amide bonds. The number of amides is 2. The van der Waals surface area contributed by atoms with Crippen LogP contribution in [-0.4, -0.2) is 78.0 Å². The molecule has 1 aromatic heterocycles. The molecule has 0 aliphatic carbocycles. The van der Waals surface area contributed by atoms with Crippen molar-refractivity contribution in [3.05, 3.63) is 18.2 Å². The van der Waals surface area contributed by atoms with Gasteiger partial charge in [-0.3, -0.25) is 19.6 Å². The van der Waals surface area contributed by atoms with Gasteiger partial charge in [-0.05, 0) is 25.7 Å². The molecule has 0 saturated carbocycles. The SMILES string of the molecule is COC(=O)[C@H](CCCN=C(N)N)NC(=O)[C@H](Cc1cnc[nH]1)NC(=O)[C@@H](N)CCCN=C(N)N. The second-order valence-electron chi connectivity index (χ2n) is 7.43. The first-order chi connectivity index (χ1) is 16.1. The van der Waals surface area contributed by atoms with E-state index in [0.29, 0.717) is 31.5 Å². The number of aromatic amines is 1. The zero-order valence-electron chi connectivity index (χ0n) is 19.2. The molecule has 34 heavy (non-hydrogen) atoms. The lowest BCUT2D eigenvalue weighted by molar-refractivity contribution is -0.145. The molecule has 13 N–H and O–H groups in total. The van der Waals surface area contributed by atoms with Crippen molar-refractivity contribution in [1.29, 1.82) is 0 Å². The summed E-state index contributed by atoms with van der Waals surface area (Å²) in [6.07, 6.45) is 4.48. The summed E-state index contributed by atoms with van der Waals surface area (Å²) < 4.78 is 4.78. The van der Waals surface area contributed by atoms with Crippen LogP contribution in [0.5, 0.6) is 0 Å². The van der Waals surface area contributed by atoms with Gasteiger partial charge < -0.3 is 49.0 Å². The monoisotopic (exact) mass is 481 g/mol. The number of nitrogens with zero attached hydrogens (tertiary/aromatic N) is 3. The minimum absolute atomic E-state index is 0.0484. The van der Waals surface area contributed by atoms with Crippen molar-refractivity contribution >= 4 is 29.7 Å². The van der Waals surface area contributed by atoms with Gasteiger partial charge in [-0.2, -0.15) is 0 Å². The van der Waals surface area contributed by atoms with E-state index in [1.807, 2.05) is 0 Å². The molecule has 1 heterocycles. The summed E-state index contributed by atoms with van der Waals surface area (Å²) in [5, 5.41) is 5.25. The summed E-state index contributed by atoms with van der Waals surface area (Å²) in [6.45, 7) is 0.594. The Morgan fingerprint density at radius 3 is 2.12 bits per heavy atom. The summed E-state index contributed by atoms with van der Waals surface area (Å²) in [5.41, 5.74) is 27.7. The molecule has 0 aliphatic rings.